The molecule has 2 aromatic carbocycles. The summed E-state index contributed by atoms with van der Waals surface area (Å²) in [6.45, 7) is 3.76. The molecule has 1 aliphatic carbocycles. The summed E-state index contributed by atoms with van der Waals surface area (Å²) in [5.74, 6) is 0.285. The first-order valence-corrected chi connectivity index (χ1v) is 10.5. The Kier molecular flexibility index (Phi) is 7.28. The van der Waals surface area contributed by atoms with Gasteiger partial charge in [-0.2, -0.15) is 0 Å². The lowest BCUT2D eigenvalue weighted by atomic mass is 9.95. The van der Waals surface area contributed by atoms with Crippen LogP contribution < -0.4 is 15.4 Å². The van der Waals surface area contributed by atoms with Gasteiger partial charge in [-0.1, -0.05) is 56.5 Å². The van der Waals surface area contributed by atoms with Gasteiger partial charge in [0.25, 0.3) is 11.8 Å². The highest BCUT2D eigenvalue weighted by atomic mass is 16.5. The molecule has 154 valence electrons. The van der Waals surface area contributed by atoms with Crippen molar-refractivity contribution in [3.8, 4) is 5.75 Å². The Labute approximate surface area is 172 Å². The van der Waals surface area contributed by atoms with Crippen molar-refractivity contribution in [3.05, 3.63) is 59.7 Å². The third-order valence-corrected chi connectivity index (χ3v) is 5.40. The molecule has 0 bridgehead atoms. The first-order valence-electron chi connectivity index (χ1n) is 10.5. The molecule has 29 heavy (non-hydrogen) atoms. The van der Waals surface area contributed by atoms with E-state index in [0.717, 1.165) is 37.7 Å². The summed E-state index contributed by atoms with van der Waals surface area (Å²) in [6.07, 6.45) is 5.71. The van der Waals surface area contributed by atoms with Crippen LogP contribution in [0.1, 0.15) is 61.9 Å². The molecule has 0 aliphatic heterocycles. The maximum absolute atomic E-state index is 12.8. The normalized spacial score (nSPS) is 15.4. The van der Waals surface area contributed by atoms with Crippen molar-refractivity contribution in [2.45, 2.75) is 64.5 Å². The van der Waals surface area contributed by atoms with Crippen LogP contribution in [0.15, 0.2) is 48.5 Å². The van der Waals surface area contributed by atoms with Crippen LogP contribution in [0.5, 0.6) is 5.75 Å². The minimum Gasteiger partial charge on any atom is -0.481 e. The van der Waals surface area contributed by atoms with Gasteiger partial charge in [-0.15, -0.1) is 0 Å². The highest BCUT2D eigenvalue weighted by Crippen LogP contribution is 2.22. The summed E-state index contributed by atoms with van der Waals surface area (Å²) in [7, 11) is 0. The highest BCUT2D eigenvalue weighted by molar-refractivity contribution is 6.04. The Balaban J connectivity index is 1.66. The second kappa shape index (κ2) is 10.1. The van der Waals surface area contributed by atoms with E-state index >= 15 is 0 Å². The molecule has 1 fully saturated rings. The molecule has 3 rings (SSSR count). The van der Waals surface area contributed by atoms with Gasteiger partial charge in [-0.25, -0.2) is 0 Å². The number of hydrogen-bond donors (Lipinski definition) is 2. The van der Waals surface area contributed by atoms with Gasteiger partial charge in [0.15, 0.2) is 6.10 Å². The van der Waals surface area contributed by atoms with Crippen LogP contribution in [-0.4, -0.2) is 24.0 Å². The van der Waals surface area contributed by atoms with E-state index in [1.54, 1.807) is 19.1 Å². The molecular formula is C24H30N2O3. The van der Waals surface area contributed by atoms with Crippen LogP contribution in [0.2, 0.25) is 0 Å². The van der Waals surface area contributed by atoms with Gasteiger partial charge < -0.3 is 15.4 Å². The number of benzene rings is 2. The lowest BCUT2D eigenvalue weighted by Gasteiger charge is -2.23. The standard InChI is InChI=1S/C24H30N2O3/c1-3-18-11-7-10-16-22(18)29-17(2)23(27)26-21-15-9-8-14-20(21)24(28)25-19-12-5-4-6-13-19/h7-11,14-17,19H,3-6,12-13H2,1-2H3,(H,25,28)(H,26,27). The van der Waals surface area contributed by atoms with E-state index in [-0.39, 0.29) is 17.9 Å². The Hall–Kier alpha value is -2.82. The van der Waals surface area contributed by atoms with Crippen molar-refractivity contribution in [1.29, 1.82) is 0 Å². The number of nitrogens with one attached hydrogen (secondary N) is 2. The van der Waals surface area contributed by atoms with Gasteiger partial charge in [0.05, 0.1) is 11.3 Å². The second-order valence-corrected chi connectivity index (χ2v) is 7.56. The van der Waals surface area contributed by atoms with Gasteiger partial charge in [0.2, 0.25) is 0 Å². The van der Waals surface area contributed by atoms with Crippen molar-refractivity contribution >= 4 is 17.5 Å². The largest absolute Gasteiger partial charge is 0.481 e. The maximum atomic E-state index is 12.8. The van der Waals surface area contributed by atoms with Crippen LogP contribution in [0.25, 0.3) is 0 Å². The van der Waals surface area contributed by atoms with Crippen molar-refractivity contribution in [2.75, 3.05) is 5.32 Å². The Morgan fingerprint density at radius 3 is 2.48 bits per heavy atom. The zero-order valence-electron chi connectivity index (χ0n) is 17.2. The van der Waals surface area contributed by atoms with Gasteiger partial charge >= 0.3 is 0 Å². The van der Waals surface area contributed by atoms with Crippen molar-refractivity contribution < 1.29 is 14.3 Å². The predicted molar refractivity (Wildman–Crippen MR) is 115 cm³/mol. The molecule has 2 aromatic rings. The Morgan fingerprint density at radius 2 is 1.72 bits per heavy atom. The van der Waals surface area contributed by atoms with E-state index in [1.165, 1.54) is 6.42 Å². The van der Waals surface area contributed by atoms with Crippen LogP contribution in [0, 0.1) is 0 Å². The number of para-hydroxylation sites is 2. The number of anilines is 1. The second-order valence-electron chi connectivity index (χ2n) is 7.56. The lowest BCUT2D eigenvalue weighted by Crippen LogP contribution is -2.37. The number of rotatable bonds is 7. The van der Waals surface area contributed by atoms with Gasteiger partial charge in [0.1, 0.15) is 5.75 Å². The fourth-order valence-corrected chi connectivity index (χ4v) is 3.69. The predicted octanol–water partition coefficient (Wildman–Crippen LogP) is 4.72. The van der Waals surface area contributed by atoms with Crippen molar-refractivity contribution in [3.63, 3.8) is 0 Å². The zero-order chi connectivity index (χ0) is 20.6. The van der Waals surface area contributed by atoms with Crippen LogP contribution in [0.4, 0.5) is 5.69 Å². The van der Waals surface area contributed by atoms with Crippen LogP contribution in [0.3, 0.4) is 0 Å². The molecular weight excluding hydrogens is 364 g/mol. The summed E-state index contributed by atoms with van der Waals surface area (Å²) in [4.78, 5) is 25.5. The highest BCUT2D eigenvalue weighted by Gasteiger charge is 2.21. The van der Waals surface area contributed by atoms with Crippen molar-refractivity contribution in [2.24, 2.45) is 0 Å². The number of carbonyl (C=O) groups excluding carboxylic acids is 2. The van der Waals surface area contributed by atoms with E-state index in [9.17, 15) is 9.59 Å². The molecule has 5 heteroatoms. The molecule has 1 aliphatic rings. The first kappa shape index (κ1) is 20.9. The molecule has 0 aromatic heterocycles. The van der Waals surface area contributed by atoms with E-state index in [4.69, 9.17) is 4.74 Å². The fraction of sp³-hybridized carbons (Fsp3) is 0.417. The molecule has 1 saturated carbocycles. The van der Waals surface area contributed by atoms with Crippen LogP contribution >= 0.6 is 0 Å². The molecule has 0 saturated heterocycles. The van der Waals surface area contributed by atoms with E-state index in [2.05, 4.69) is 10.6 Å². The lowest BCUT2D eigenvalue weighted by molar-refractivity contribution is -0.122. The third kappa shape index (κ3) is 5.59. The minimum atomic E-state index is -0.683. The molecule has 5 nitrogen and oxygen atoms in total. The monoisotopic (exact) mass is 394 g/mol. The number of aryl methyl sites for hydroxylation is 1. The summed E-state index contributed by atoms with van der Waals surface area (Å²) >= 11 is 0. The van der Waals surface area contributed by atoms with E-state index < -0.39 is 6.10 Å². The Morgan fingerprint density at radius 1 is 1.03 bits per heavy atom. The summed E-state index contributed by atoms with van der Waals surface area (Å²) in [5, 5.41) is 5.97. The number of carbonyl (C=O) groups is 2. The molecule has 2 amide bonds. The van der Waals surface area contributed by atoms with Crippen LogP contribution in [-0.2, 0) is 11.2 Å². The Bertz CT molecular complexity index is 844. The molecule has 1 atom stereocenters. The van der Waals surface area contributed by atoms with Gasteiger partial charge in [0, 0.05) is 6.04 Å². The molecule has 1 unspecified atom stereocenters. The maximum Gasteiger partial charge on any atom is 0.265 e. The average Bonchev–Trinajstić information content (AvgIpc) is 2.75. The number of amides is 2. The fourth-order valence-electron chi connectivity index (χ4n) is 3.69. The van der Waals surface area contributed by atoms with E-state index in [1.807, 2.05) is 43.3 Å². The molecule has 0 heterocycles. The SMILES string of the molecule is CCc1ccccc1OC(C)C(=O)Nc1ccccc1C(=O)NC1CCCCC1. The topological polar surface area (TPSA) is 67.4 Å². The zero-order valence-corrected chi connectivity index (χ0v) is 17.2. The van der Waals surface area contributed by atoms with Crippen molar-refractivity contribution in [1.82, 2.24) is 5.32 Å². The number of hydrogen-bond acceptors (Lipinski definition) is 3. The smallest absolute Gasteiger partial charge is 0.265 e. The molecule has 0 spiro atoms. The summed E-state index contributed by atoms with van der Waals surface area (Å²) in [6, 6.07) is 15.0. The van der Waals surface area contributed by atoms with E-state index in [0.29, 0.717) is 17.0 Å². The number of ether oxygens (including phenoxy) is 1. The summed E-state index contributed by atoms with van der Waals surface area (Å²) in [5.41, 5.74) is 2.04. The molecule has 0 radical (unpaired) electrons. The van der Waals surface area contributed by atoms with Gasteiger partial charge in [-0.3, -0.25) is 9.59 Å². The third-order valence-electron chi connectivity index (χ3n) is 5.40. The first-order chi connectivity index (χ1) is 14.1. The quantitative estimate of drug-likeness (QED) is 0.714. The minimum absolute atomic E-state index is 0.141. The molecule has 2 N–H and O–H groups in total. The average molecular weight is 395 g/mol. The van der Waals surface area contributed by atoms with Gasteiger partial charge in [-0.05, 0) is 49.9 Å². The summed E-state index contributed by atoms with van der Waals surface area (Å²) < 4.78 is 5.88.